The van der Waals surface area contributed by atoms with E-state index < -0.39 is 10.0 Å². The number of aromatic nitrogens is 1. The molecule has 0 atom stereocenters. The molecule has 1 aromatic heterocycles. The zero-order valence-corrected chi connectivity index (χ0v) is 14.8. The first-order valence-corrected chi connectivity index (χ1v) is 9.97. The van der Waals surface area contributed by atoms with Crippen molar-refractivity contribution in [2.24, 2.45) is 0 Å². The average molecular weight is 362 g/mol. The molecule has 0 fully saturated rings. The highest BCUT2D eigenvalue weighted by molar-refractivity contribution is 7.91. The van der Waals surface area contributed by atoms with Gasteiger partial charge in [-0.3, -0.25) is 4.72 Å². The molecule has 0 aliphatic rings. The number of para-hydroxylation sites is 1. The summed E-state index contributed by atoms with van der Waals surface area (Å²) in [5.41, 5.74) is 4.25. The maximum Gasteiger partial charge on any atom is 0.236 e. The van der Waals surface area contributed by atoms with E-state index in [1.165, 1.54) is 0 Å². The molecule has 4 aromatic rings. The Hall–Kier alpha value is -3.05. The fraction of sp³-hybridized carbons (Fsp3) is 0.0476. The van der Waals surface area contributed by atoms with Crippen LogP contribution >= 0.6 is 0 Å². The molecule has 0 bridgehead atoms. The number of hydrogen-bond acceptors (Lipinski definition) is 2. The standard InChI is InChI=1S/C21H18N2O2S/c24-26(25,15-16-7-2-1-3-8-16)23-19-11-6-10-17(13-19)21-14-18-9-4-5-12-20(18)22-21/h1-14,22-23H,15H2. The molecule has 0 saturated carbocycles. The SMILES string of the molecule is O=S(=O)(Cc1ccccc1)Nc1cccc(-c2cc3ccccc3[nH]2)c1. The van der Waals surface area contributed by atoms with Gasteiger partial charge in [-0.25, -0.2) is 8.42 Å². The van der Waals surface area contributed by atoms with Gasteiger partial charge in [-0.05, 0) is 29.8 Å². The summed E-state index contributed by atoms with van der Waals surface area (Å²) in [6.07, 6.45) is 0. The van der Waals surface area contributed by atoms with Gasteiger partial charge in [-0.2, -0.15) is 0 Å². The summed E-state index contributed by atoms with van der Waals surface area (Å²) in [5.74, 6) is -0.0511. The molecule has 130 valence electrons. The summed E-state index contributed by atoms with van der Waals surface area (Å²) in [6.45, 7) is 0. The van der Waals surface area contributed by atoms with Crippen LogP contribution in [-0.4, -0.2) is 13.4 Å². The maximum absolute atomic E-state index is 12.4. The van der Waals surface area contributed by atoms with E-state index in [0.29, 0.717) is 5.69 Å². The highest BCUT2D eigenvalue weighted by atomic mass is 32.2. The lowest BCUT2D eigenvalue weighted by Crippen LogP contribution is -2.15. The summed E-state index contributed by atoms with van der Waals surface area (Å²) in [7, 11) is -3.47. The van der Waals surface area contributed by atoms with Gasteiger partial charge in [0.15, 0.2) is 0 Å². The third-order valence-corrected chi connectivity index (χ3v) is 5.44. The van der Waals surface area contributed by atoms with E-state index in [2.05, 4.69) is 15.8 Å². The van der Waals surface area contributed by atoms with E-state index in [9.17, 15) is 8.42 Å². The number of anilines is 1. The Morgan fingerprint density at radius 3 is 2.38 bits per heavy atom. The third-order valence-electron chi connectivity index (χ3n) is 4.18. The van der Waals surface area contributed by atoms with Crippen molar-refractivity contribution in [2.75, 3.05) is 4.72 Å². The first-order valence-electron chi connectivity index (χ1n) is 8.32. The molecule has 0 unspecified atom stereocenters. The van der Waals surface area contributed by atoms with Crippen LogP contribution in [0.3, 0.4) is 0 Å². The highest BCUT2D eigenvalue weighted by Gasteiger charge is 2.12. The van der Waals surface area contributed by atoms with Gasteiger partial charge in [0, 0.05) is 27.8 Å². The third kappa shape index (κ3) is 3.63. The summed E-state index contributed by atoms with van der Waals surface area (Å²) < 4.78 is 27.5. The summed E-state index contributed by atoms with van der Waals surface area (Å²) in [6, 6.07) is 26.7. The highest BCUT2D eigenvalue weighted by Crippen LogP contribution is 2.26. The smallest absolute Gasteiger partial charge is 0.236 e. The Kier molecular flexibility index (Phi) is 4.22. The summed E-state index contributed by atoms with van der Waals surface area (Å²) in [4.78, 5) is 3.36. The number of nitrogens with one attached hydrogen (secondary N) is 2. The molecular weight excluding hydrogens is 344 g/mol. The van der Waals surface area contributed by atoms with Crippen molar-refractivity contribution >= 4 is 26.6 Å². The lowest BCUT2D eigenvalue weighted by atomic mass is 10.1. The van der Waals surface area contributed by atoms with E-state index >= 15 is 0 Å². The van der Waals surface area contributed by atoms with Crippen LogP contribution in [0, 0.1) is 0 Å². The number of H-pyrrole nitrogens is 1. The fourth-order valence-corrected chi connectivity index (χ4v) is 4.18. The molecule has 0 aliphatic carbocycles. The minimum Gasteiger partial charge on any atom is -0.355 e. The Morgan fingerprint density at radius 1 is 0.808 bits per heavy atom. The second kappa shape index (κ2) is 6.69. The largest absolute Gasteiger partial charge is 0.355 e. The monoisotopic (exact) mass is 362 g/mol. The van der Waals surface area contributed by atoms with Crippen LogP contribution in [-0.2, 0) is 15.8 Å². The van der Waals surface area contributed by atoms with Crippen molar-refractivity contribution in [1.82, 2.24) is 4.98 Å². The number of rotatable bonds is 5. The molecule has 0 aliphatic heterocycles. The van der Waals surface area contributed by atoms with Crippen LogP contribution in [0.4, 0.5) is 5.69 Å². The number of sulfonamides is 1. The van der Waals surface area contributed by atoms with Gasteiger partial charge in [-0.15, -0.1) is 0 Å². The van der Waals surface area contributed by atoms with Crippen molar-refractivity contribution in [3.63, 3.8) is 0 Å². The quantitative estimate of drug-likeness (QED) is 0.537. The predicted molar refractivity (Wildman–Crippen MR) is 106 cm³/mol. The molecule has 0 radical (unpaired) electrons. The van der Waals surface area contributed by atoms with E-state index in [1.54, 1.807) is 18.2 Å². The topological polar surface area (TPSA) is 62.0 Å². The van der Waals surface area contributed by atoms with Crippen LogP contribution in [0.2, 0.25) is 0 Å². The molecule has 0 amide bonds. The van der Waals surface area contributed by atoms with E-state index in [4.69, 9.17) is 0 Å². The second-order valence-corrected chi connectivity index (χ2v) is 7.92. The lowest BCUT2D eigenvalue weighted by molar-refractivity contribution is 0.600. The van der Waals surface area contributed by atoms with Crippen LogP contribution in [0.15, 0.2) is 84.9 Å². The predicted octanol–water partition coefficient (Wildman–Crippen LogP) is 4.78. The number of fused-ring (bicyclic) bond motifs is 1. The van der Waals surface area contributed by atoms with Crippen molar-refractivity contribution in [2.45, 2.75) is 5.75 Å². The lowest BCUT2D eigenvalue weighted by Gasteiger charge is -2.09. The summed E-state index contributed by atoms with van der Waals surface area (Å²) in [5, 5.41) is 1.12. The van der Waals surface area contributed by atoms with Crippen LogP contribution in [0.25, 0.3) is 22.2 Å². The fourth-order valence-electron chi connectivity index (χ4n) is 2.99. The molecule has 2 N–H and O–H groups in total. The van der Waals surface area contributed by atoms with E-state index in [0.717, 1.165) is 27.7 Å². The Bertz CT molecular complexity index is 1120. The molecule has 5 heteroatoms. The van der Waals surface area contributed by atoms with Crippen molar-refractivity contribution in [3.05, 3.63) is 90.5 Å². The zero-order valence-electron chi connectivity index (χ0n) is 14.0. The van der Waals surface area contributed by atoms with Gasteiger partial charge in [0.2, 0.25) is 10.0 Å². The molecule has 4 nitrogen and oxygen atoms in total. The normalized spacial score (nSPS) is 11.5. The summed E-state index contributed by atoms with van der Waals surface area (Å²) >= 11 is 0. The molecule has 0 saturated heterocycles. The van der Waals surface area contributed by atoms with E-state index in [1.807, 2.05) is 60.7 Å². The van der Waals surface area contributed by atoms with Gasteiger partial charge in [0.25, 0.3) is 0 Å². The zero-order chi connectivity index (χ0) is 18.0. The molecule has 3 aromatic carbocycles. The average Bonchev–Trinajstić information content (AvgIpc) is 3.06. The molecule has 26 heavy (non-hydrogen) atoms. The van der Waals surface area contributed by atoms with Crippen LogP contribution < -0.4 is 4.72 Å². The van der Waals surface area contributed by atoms with Gasteiger partial charge in [-0.1, -0.05) is 60.7 Å². The Morgan fingerprint density at radius 2 is 1.58 bits per heavy atom. The van der Waals surface area contributed by atoms with Crippen LogP contribution in [0.1, 0.15) is 5.56 Å². The van der Waals surface area contributed by atoms with Gasteiger partial charge >= 0.3 is 0 Å². The molecule has 4 rings (SSSR count). The maximum atomic E-state index is 12.4. The molecule has 0 spiro atoms. The van der Waals surface area contributed by atoms with Crippen molar-refractivity contribution in [1.29, 1.82) is 0 Å². The Labute approximate surface area is 152 Å². The van der Waals surface area contributed by atoms with E-state index in [-0.39, 0.29) is 5.75 Å². The second-order valence-electron chi connectivity index (χ2n) is 6.20. The molecular formula is C21H18N2O2S. The minimum absolute atomic E-state index is 0.0511. The minimum atomic E-state index is -3.47. The van der Waals surface area contributed by atoms with Gasteiger partial charge in [0.05, 0.1) is 5.75 Å². The molecule has 1 heterocycles. The van der Waals surface area contributed by atoms with Crippen LogP contribution in [0.5, 0.6) is 0 Å². The number of hydrogen-bond donors (Lipinski definition) is 2. The Balaban J connectivity index is 1.59. The van der Waals surface area contributed by atoms with Gasteiger partial charge < -0.3 is 4.98 Å². The number of benzene rings is 3. The van der Waals surface area contributed by atoms with Crippen molar-refractivity contribution < 1.29 is 8.42 Å². The number of aromatic amines is 1. The van der Waals surface area contributed by atoms with Gasteiger partial charge in [0.1, 0.15) is 0 Å². The first-order chi connectivity index (χ1) is 12.6. The van der Waals surface area contributed by atoms with Crippen molar-refractivity contribution in [3.8, 4) is 11.3 Å². The first kappa shape index (κ1) is 16.4.